The van der Waals surface area contributed by atoms with Gasteiger partial charge in [0.1, 0.15) is 11.9 Å². The van der Waals surface area contributed by atoms with Gasteiger partial charge in [0.15, 0.2) is 0 Å². The zero-order valence-electron chi connectivity index (χ0n) is 21.3. The molecule has 1 atom stereocenters. The molecule has 4 rings (SSSR count). The number of hydrogen-bond donors (Lipinski definition) is 3. The molecule has 36 heavy (non-hydrogen) atoms. The van der Waals surface area contributed by atoms with Crippen LogP contribution in [0.4, 0.5) is 5.82 Å². The van der Waals surface area contributed by atoms with Crippen LogP contribution in [0.15, 0.2) is 18.2 Å². The summed E-state index contributed by atoms with van der Waals surface area (Å²) in [4.78, 5) is 33.5. The predicted molar refractivity (Wildman–Crippen MR) is 136 cm³/mol. The van der Waals surface area contributed by atoms with Gasteiger partial charge in [-0.1, -0.05) is 6.07 Å². The quantitative estimate of drug-likeness (QED) is 0.432. The van der Waals surface area contributed by atoms with Gasteiger partial charge in [0.2, 0.25) is 5.88 Å². The van der Waals surface area contributed by atoms with Crippen molar-refractivity contribution in [3.05, 3.63) is 46.3 Å². The fourth-order valence-electron chi connectivity index (χ4n) is 4.99. The molecule has 3 heterocycles. The Hall–Kier alpha value is -3.20. The van der Waals surface area contributed by atoms with Crippen molar-refractivity contribution in [3.63, 3.8) is 0 Å². The van der Waals surface area contributed by atoms with Crippen LogP contribution in [-0.2, 0) is 22.4 Å². The molecular formula is C27H36N4O5. The molecule has 2 aliphatic rings. The van der Waals surface area contributed by atoms with Crippen molar-refractivity contribution < 1.29 is 24.2 Å². The van der Waals surface area contributed by atoms with E-state index in [-0.39, 0.29) is 19.1 Å². The largest absolute Gasteiger partial charge is 0.481 e. The number of ether oxygens (including phenoxy) is 2. The highest BCUT2D eigenvalue weighted by molar-refractivity contribution is 5.98. The van der Waals surface area contributed by atoms with Gasteiger partial charge in [-0.05, 0) is 75.5 Å². The first-order valence-corrected chi connectivity index (χ1v) is 12.7. The molecule has 0 unspecified atom stereocenters. The second-order valence-electron chi connectivity index (χ2n) is 9.80. The molecule has 0 saturated heterocycles. The molecule has 194 valence electrons. The number of carbonyl (C=O) groups excluding carboxylic acids is 1. The molecule has 0 aromatic carbocycles. The number of carboxylic acids is 1. The summed E-state index contributed by atoms with van der Waals surface area (Å²) in [6, 6.07) is 4.97. The van der Waals surface area contributed by atoms with Gasteiger partial charge in [-0.3, -0.25) is 4.79 Å². The molecule has 1 aliphatic carbocycles. The lowest BCUT2D eigenvalue weighted by Crippen LogP contribution is -2.42. The van der Waals surface area contributed by atoms with E-state index in [2.05, 4.69) is 27.8 Å². The van der Waals surface area contributed by atoms with E-state index in [1.807, 2.05) is 0 Å². The minimum atomic E-state index is -1.08. The van der Waals surface area contributed by atoms with Crippen LogP contribution < -0.4 is 15.4 Å². The van der Waals surface area contributed by atoms with Crippen LogP contribution in [0.1, 0.15) is 65.0 Å². The van der Waals surface area contributed by atoms with Crippen LogP contribution in [0.25, 0.3) is 0 Å². The molecular weight excluding hydrogens is 460 g/mol. The van der Waals surface area contributed by atoms with Gasteiger partial charge in [0.25, 0.3) is 5.91 Å². The number of pyridine rings is 2. The van der Waals surface area contributed by atoms with Crippen LogP contribution in [0.3, 0.4) is 0 Å². The minimum absolute atomic E-state index is 0.147. The van der Waals surface area contributed by atoms with Crippen LogP contribution in [0.2, 0.25) is 0 Å². The van der Waals surface area contributed by atoms with Gasteiger partial charge >= 0.3 is 5.97 Å². The number of hydrogen-bond acceptors (Lipinski definition) is 7. The molecule has 3 N–H and O–H groups in total. The standard InChI is InChI=1S/C27H36N4O5/c1-16-13-23(35-3)29-17(2)24(16)26(32)31-22(27(33)34)10-12-36-21-14-18(15-21)6-8-20-9-7-19-5-4-11-28-25(19)30-20/h7,9,13,18,21-22H,4-6,8,10-12,14-15H2,1-3H3,(H,28,30)(H,31,32)(H,33,34)/t18?,21?,22-/m1/s1. The van der Waals surface area contributed by atoms with Crippen LogP contribution in [0.5, 0.6) is 5.88 Å². The molecule has 9 heteroatoms. The summed E-state index contributed by atoms with van der Waals surface area (Å²) in [6.45, 7) is 4.76. The number of nitrogens with one attached hydrogen (secondary N) is 2. The molecule has 0 radical (unpaired) electrons. The first-order chi connectivity index (χ1) is 17.3. The molecule has 0 bridgehead atoms. The number of methoxy groups -OCH3 is 1. The number of aliphatic carboxylic acids is 1. The number of carboxylic acid groups (broad SMARTS) is 1. The molecule has 0 spiro atoms. The van der Waals surface area contributed by atoms with E-state index < -0.39 is 17.9 Å². The molecule has 2 aromatic heterocycles. The zero-order chi connectivity index (χ0) is 25.7. The second kappa shape index (κ2) is 11.7. The lowest BCUT2D eigenvalue weighted by atomic mass is 9.79. The van der Waals surface area contributed by atoms with Crippen LogP contribution in [0, 0.1) is 19.8 Å². The molecule has 1 amide bonds. The van der Waals surface area contributed by atoms with Crippen molar-refractivity contribution >= 4 is 17.7 Å². The lowest BCUT2D eigenvalue weighted by molar-refractivity contribution is -0.140. The highest BCUT2D eigenvalue weighted by Gasteiger charge is 2.30. The van der Waals surface area contributed by atoms with Crippen molar-refractivity contribution in [2.45, 2.75) is 70.9 Å². The third-order valence-corrected chi connectivity index (χ3v) is 7.13. The maximum Gasteiger partial charge on any atom is 0.326 e. The number of fused-ring (bicyclic) bond motifs is 1. The van der Waals surface area contributed by atoms with Crippen LogP contribution in [-0.4, -0.2) is 59.4 Å². The minimum Gasteiger partial charge on any atom is -0.481 e. The van der Waals surface area contributed by atoms with E-state index in [4.69, 9.17) is 14.5 Å². The third kappa shape index (κ3) is 6.32. The van der Waals surface area contributed by atoms with Gasteiger partial charge in [-0.25, -0.2) is 14.8 Å². The van der Waals surface area contributed by atoms with Gasteiger partial charge in [0.05, 0.1) is 24.5 Å². The van der Waals surface area contributed by atoms with E-state index in [0.29, 0.717) is 28.6 Å². The Kier molecular flexibility index (Phi) is 8.40. The Morgan fingerprint density at radius 3 is 2.78 bits per heavy atom. The van der Waals surface area contributed by atoms with Gasteiger partial charge in [0, 0.05) is 31.3 Å². The number of carbonyl (C=O) groups is 2. The van der Waals surface area contributed by atoms with Crippen molar-refractivity contribution in [2.24, 2.45) is 5.92 Å². The smallest absolute Gasteiger partial charge is 0.326 e. The number of aryl methyl sites for hydroxylation is 4. The first-order valence-electron chi connectivity index (χ1n) is 12.7. The molecule has 9 nitrogen and oxygen atoms in total. The van der Waals surface area contributed by atoms with Crippen molar-refractivity contribution in [2.75, 3.05) is 25.6 Å². The number of anilines is 1. The average Bonchev–Trinajstić information content (AvgIpc) is 2.83. The van der Waals surface area contributed by atoms with Crippen molar-refractivity contribution in [3.8, 4) is 5.88 Å². The predicted octanol–water partition coefficient (Wildman–Crippen LogP) is 3.46. The Morgan fingerprint density at radius 2 is 2.06 bits per heavy atom. The maximum absolute atomic E-state index is 12.8. The SMILES string of the molecule is COc1cc(C)c(C(=O)N[C@H](CCOC2CC(CCc3ccc4c(n3)NCCC4)C2)C(=O)O)c(C)n1. The molecule has 1 fully saturated rings. The number of nitrogens with zero attached hydrogens (tertiary/aromatic N) is 2. The Bertz CT molecular complexity index is 1080. The topological polar surface area (TPSA) is 123 Å². The summed E-state index contributed by atoms with van der Waals surface area (Å²) in [6.07, 6.45) is 6.60. The average molecular weight is 497 g/mol. The van der Waals surface area contributed by atoms with Gasteiger partial charge < -0.3 is 25.2 Å². The lowest BCUT2D eigenvalue weighted by Gasteiger charge is -2.35. The third-order valence-electron chi connectivity index (χ3n) is 7.13. The fraction of sp³-hybridized carbons (Fsp3) is 0.556. The highest BCUT2D eigenvalue weighted by atomic mass is 16.5. The summed E-state index contributed by atoms with van der Waals surface area (Å²) in [5, 5.41) is 15.6. The summed E-state index contributed by atoms with van der Waals surface area (Å²) >= 11 is 0. The van der Waals surface area contributed by atoms with E-state index in [9.17, 15) is 14.7 Å². The maximum atomic E-state index is 12.8. The van der Waals surface area contributed by atoms with Gasteiger partial charge in [-0.15, -0.1) is 0 Å². The normalized spacial score (nSPS) is 19.4. The number of rotatable bonds is 11. The Balaban J connectivity index is 1.18. The summed E-state index contributed by atoms with van der Waals surface area (Å²) in [5.41, 5.74) is 3.98. The monoisotopic (exact) mass is 496 g/mol. The zero-order valence-corrected chi connectivity index (χ0v) is 21.3. The number of aromatic nitrogens is 2. The molecule has 1 aliphatic heterocycles. The van der Waals surface area contributed by atoms with Gasteiger partial charge in [-0.2, -0.15) is 0 Å². The second-order valence-corrected chi connectivity index (χ2v) is 9.80. The first kappa shape index (κ1) is 25.9. The van der Waals surface area contributed by atoms with E-state index in [0.717, 1.165) is 56.6 Å². The number of amides is 1. The van der Waals surface area contributed by atoms with E-state index in [1.165, 1.54) is 12.7 Å². The summed E-state index contributed by atoms with van der Waals surface area (Å²) in [7, 11) is 1.51. The Morgan fingerprint density at radius 1 is 1.25 bits per heavy atom. The molecule has 1 saturated carbocycles. The summed E-state index contributed by atoms with van der Waals surface area (Å²) < 4.78 is 11.0. The van der Waals surface area contributed by atoms with E-state index in [1.54, 1.807) is 19.9 Å². The van der Waals surface area contributed by atoms with E-state index >= 15 is 0 Å². The molecule has 2 aromatic rings. The van der Waals surface area contributed by atoms with Crippen LogP contribution >= 0.6 is 0 Å². The Labute approximate surface area is 212 Å². The van der Waals surface area contributed by atoms with Crippen molar-refractivity contribution in [1.82, 2.24) is 15.3 Å². The highest BCUT2D eigenvalue weighted by Crippen LogP contribution is 2.34. The fourth-order valence-corrected chi connectivity index (χ4v) is 4.99. The summed E-state index contributed by atoms with van der Waals surface area (Å²) in [5.74, 6) is 0.524. The van der Waals surface area contributed by atoms with Crippen molar-refractivity contribution in [1.29, 1.82) is 0 Å².